The first kappa shape index (κ1) is 22.2. The molecule has 3 aromatic rings. The van der Waals surface area contributed by atoms with Crippen molar-refractivity contribution < 1.29 is 24.0 Å². The molecule has 1 N–H and O–H groups in total. The topological polar surface area (TPSA) is 119 Å². The fraction of sp³-hybridized carbons (Fsp3) is 0.0870. The number of nitrogens with zero attached hydrogens (tertiary/aromatic N) is 2. The van der Waals surface area contributed by atoms with Crippen LogP contribution >= 0.6 is 0 Å². The molecule has 2 amide bonds. The highest BCUT2D eigenvalue weighted by atomic mass is 16.6. The average Bonchev–Trinajstić information content (AvgIpc) is 2.82. The van der Waals surface area contributed by atoms with Crippen molar-refractivity contribution in [2.24, 2.45) is 0 Å². The summed E-state index contributed by atoms with van der Waals surface area (Å²) >= 11 is 0. The van der Waals surface area contributed by atoms with Gasteiger partial charge in [0.2, 0.25) is 0 Å². The van der Waals surface area contributed by atoms with Crippen molar-refractivity contribution in [1.82, 2.24) is 0 Å². The zero-order valence-electron chi connectivity index (χ0n) is 17.1. The Balaban J connectivity index is 1.69. The van der Waals surface area contributed by atoms with Crippen molar-refractivity contribution >= 4 is 34.8 Å². The summed E-state index contributed by atoms with van der Waals surface area (Å²) in [7, 11) is 1.58. The summed E-state index contributed by atoms with van der Waals surface area (Å²) in [6, 6.07) is 20.6. The third kappa shape index (κ3) is 5.14. The van der Waals surface area contributed by atoms with E-state index in [1.54, 1.807) is 43.4 Å². The summed E-state index contributed by atoms with van der Waals surface area (Å²) in [4.78, 5) is 49.5. The molecule has 162 valence electrons. The highest BCUT2D eigenvalue weighted by molar-refractivity contribution is 6.12. The maximum atomic E-state index is 12.9. The van der Waals surface area contributed by atoms with Gasteiger partial charge in [-0.2, -0.15) is 0 Å². The number of esters is 1. The van der Waals surface area contributed by atoms with Gasteiger partial charge in [-0.05, 0) is 30.3 Å². The van der Waals surface area contributed by atoms with Gasteiger partial charge < -0.3 is 15.0 Å². The van der Waals surface area contributed by atoms with Crippen molar-refractivity contribution in [3.8, 4) is 0 Å². The van der Waals surface area contributed by atoms with Crippen LogP contribution in [0, 0.1) is 10.1 Å². The number of ether oxygens (including phenoxy) is 1. The number of nitro benzene ring substituents is 1. The molecule has 0 radical (unpaired) electrons. The van der Waals surface area contributed by atoms with E-state index in [0.717, 1.165) is 0 Å². The van der Waals surface area contributed by atoms with Gasteiger partial charge in [-0.25, -0.2) is 4.79 Å². The van der Waals surface area contributed by atoms with E-state index in [1.807, 2.05) is 6.07 Å². The van der Waals surface area contributed by atoms with Crippen LogP contribution < -0.4 is 10.2 Å². The number of anilines is 2. The second kappa shape index (κ2) is 9.98. The third-order valence-corrected chi connectivity index (χ3v) is 4.53. The number of nitro groups is 1. The number of rotatable bonds is 7. The number of hydrogen-bond donors (Lipinski definition) is 1. The van der Waals surface area contributed by atoms with E-state index in [9.17, 15) is 24.5 Å². The van der Waals surface area contributed by atoms with Gasteiger partial charge in [0.1, 0.15) is 5.69 Å². The number of carbonyl (C=O) groups excluding carboxylic acids is 3. The Hall–Kier alpha value is -4.53. The van der Waals surface area contributed by atoms with Gasteiger partial charge >= 0.3 is 5.97 Å². The molecule has 0 heterocycles. The first-order valence-corrected chi connectivity index (χ1v) is 9.51. The molecule has 0 unspecified atom stereocenters. The standard InChI is InChI=1S/C23H19N3O6/c1-25(16-9-3-2-4-10-16)22(28)17-11-5-6-12-18(17)23(29)32-15-21(27)24-19-13-7-8-14-20(19)26(30)31/h2-14H,15H2,1H3,(H,24,27). The molecule has 0 aliphatic rings. The largest absolute Gasteiger partial charge is 0.452 e. The SMILES string of the molecule is CN(C(=O)c1ccccc1C(=O)OCC(=O)Nc1ccccc1[N+](=O)[O-])c1ccccc1. The number of carbonyl (C=O) groups is 3. The van der Waals surface area contributed by atoms with Gasteiger partial charge in [-0.3, -0.25) is 19.7 Å². The second-order valence-electron chi connectivity index (χ2n) is 6.64. The second-order valence-corrected chi connectivity index (χ2v) is 6.64. The predicted molar refractivity (Wildman–Crippen MR) is 118 cm³/mol. The molecule has 0 aliphatic heterocycles. The van der Waals surface area contributed by atoms with Crippen molar-refractivity contribution in [2.75, 3.05) is 23.9 Å². The molecule has 0 saturated carbocycles. The Kier molecular flexibility index (Phi) is 6.92. The average molecular weight is 433 g/mol. The van der Waals surface area contributed by atoms with Gasteiger partial charge in [0.05, 0.1) is 16.1 Å². The molecular formula is C23H19N3O6. The van der Waals surface area contributed by atoms with Crippen molar-refractivity contribution in [1.29, 1.82) is 0 Å². The van der Waals surface area contributed by atoms with Crippen LogP contribution in [-0.2, 0) is 9.53 Å². The highest BCUT2D eigenvalue weighted by Crippen LogP contribution is 2.23. The van der Waals surface area contributed by atoms with Gasteiger partial charge in [0, 0.05) is 18.8 Å². The number of amides is 2. The van der Waals surface area contributed by atoms with Gasteiger partial charge in [-0.15, -0.1) is 0 Å². The van der Waals surface area contributed by atoms with Crippen LogP contribution in [0.15, 0.2) is 78.9 Å². The molecule has 3 rings (SSSR count). The van der Waals surface area contributed by atoms with E-state index in [0.29, 0.717) is 5.69 Å². The highest BCUT2D eigenvalue weighted by Gasteiger charge is 2.22. The van der Waals surface area contributed by atoms with E-state index in [4.69, 9.17) is 4.74 Å². The predicted octanol–water partition coefficient (Wildman–Crippen LogP) is 3.67. The summed E-state index contributed by atoms with van der Waals surface area (Å²) in [5.74, 6) is -2.04. The van der Waals surface area contributed by atoms with Crippen molar-refractivity contribution in [3.05, 3.63) is 100 Å². The number of nitrogens with one attached hydrogen (secondary N) is 1. The van der Waals surface area contributed by atoms with Gasteiger partial charge in [0.15, 0.2) is 6.61 Å². The molecule has 0 spiro atoms. The summed E-state index contributed by atoms with van der Waals surface area (Å²) in [5.41, 5.74) is 0.455. The number of para-hydroxylation sites is 3. The van der Waals surface area contributed by atoms with Gasteiger partial charge in [0.25, 0.3) is 17.5 Å². The van der Waals surface area contributed by atoms with Crippen LogP contribution in [0.3, 0.4) is 0 Å². The fourth-order valence-electron chi connectivity index (χ4n) is 2.93. The Bertz CT molecular complexity index is 1160. The smallest absolute Gasteiger partial charge is 0.339 e. The molecule has 0 saturated heterocycles. The Labute approximate surface area is 183 Å². The third-order valence-electron chi connectivity index (χ3n) is 4.53. The molecule has 32 heavy (non-hydrogen) atoms. The lowest BCUT2D eigenvalue weighted by Crippen LogP contribution is -2.28. The van der Waals surface area contributed by atoms with Crippen molar-refractivity contribution in [3.63, 3.8) is 0 Å². The number of hydrogen-bond acceptors (Lipinski definition) is 6. The zero-order chi connectivity index (χ0) is 23.1. The van der Waals surface area contributed by atoms with Crippen LogP contribution in [0.1, 0.15) is 20.7 Å². The minimum absolute atomic E-state index is 0.00114. The van der Waals surface area contributed by atoms with E-state index in [-0.39, 0.29) is 22.5 Å². The van der Waals surface area contributed by atoms with E-state index in [2.05, 4.69) is 5.32 Å². The Morgan fingerprint density at radius 3 is 2.19 bits per heavy atom. The minimum Gasteiger partial charge on any atom is -0.452 e. The maximum Gasteiger partial charge on any atom is 0.339 e. The van der Waals surface area contributed by atoms with E-state index >= 15 is 0 Å². The zero-order valence-corrected chi connectivity index (χ0v) is 17.1. The van der Waals surface area contributed by atoms with Crippen molar-refractivity contribution in [2.45, 2.75) is 0 Å². The fourth-order valence-corrected chi connectivity index (χ4v) is 2.93. The van der Waals surface area contributed by atoms with Crippen LogP contribution in [0.2, 0.25) is 0 Å². The molecule has 3 aromatic carbocycles. The van der Waals surface area contributed by atoms with Crippen LogP contribution in [0.5, 0.6) is 0 Å². The lowest BCUT2D eigenvalue weighted by molar-refractivity contribution is -0.383. The molecular weight excluding hydrogens is 414 g/mol. The monoisotopic (exact) mass is 433 g/mol. The molecule has 0 bridgehead atoms. The Morgan fingerprint density at radius 1 is 0.906 bits per heavy atom. The molecule has 0 fully saturated rings. The lowest BCUT2D eigenvalue weighted by atomic mass is 10.1. The molecule has 9 heteroatoms. The van der Waals surface area contributed by atoms with Crippen LogP contribution in [0.25, 0.3) is 0 Å². The normalized spacial score (nSPS) is 10.2. The van der Waals surface area contributed by atoms with E-state index in [1.165, 1.54) is 41.3 Å². The maximum absolute atomic E-state index is 12.9. The van der Waals surface area contributed by atoms with Crippen LogP contribution in [-0.4, -0.2) is 36.4 Å². The summed E-state index contributed by atoms with van der Waals surface area (Å²) in [6.45, 7) is -0.679. The summed E-state index contributed by atoms with van der Waals surface area (Å²) in [6.07, 6.45) is 0. The molecule has 9 nitrogen and oxygen atoms in total. The first-order chi connectivity index (χ1) is 15.4. The van der Waals surface area contributed by atoms with Gasteiger partial charge in [-0.1, -0.05) is 42.5 Å². The molecule has 0 atom stereocenters. The van der Waals surface area contributed by atoms with E-state index < -0.39 is 29.3 Å². The first-order valence-electron chi connectivity index (χ1n) is 9.51. The molecule has 0 aliphatic carbocycles. The Morgan fingerprint density at radius 2 is 1.50 bits per heavy atom. The summed E-state index contributed by atoms with van der Waals surface area (Å²) in [5, 5.41) is 13.4. The number of benzene rings is 3. The quantitative estimate of drug-likeness (QED) is 0.345. The minimum atomic E-state index is -0.867. The van der Waals surface area contributed by atoms with Crippen LogP contribution in [0.4, 0.5) is 17.1 Å². The lowest BCUT2D eigenvalue weighted by Gasteiger charge is -2.18. The molecule has 0 aromatic heterocycles. The summed E-state index contributed by atoms with van der Waals surface area (Å²) < 4.78 is 5.05.